The summed E-state index contributed by atoms with van der Waals surface area (Å²) >= 11 is 0. The summed E-state index contributed by atoms with van der Waals surface area (Å²) in [6, 6.07) is 6.66. The number of rotatable bonds is 6. The zero-order chi connectivity index (χ0) is 15.2. The Morgan fingerprint density at radius 1 is 1.38 bits per heavy atom. The molecule has 1 heterocycles. The van der Waals surface area contributed by atoms with E-state index in [1.54, 1.807) is 30.5 Å². The van der Waals surface area contributed by atoms with Crippen molar-refractivity contribution in [3.63, 3.8) is 0 Å². The van der Waals surface area contributed by atoms with Gasteiger partial charge in [0.05, 0.1) is 15.8 Å². The van der Waals surface area contributed by atoms with Gasteiger partial charge in [-0.2, -0.15) is 0 Å². The molecule has 7 nitrogen and oxygen atoms in total. The van der Waals surface area contributed by atoms with E-state index in [4.69, 9.17) is 0 Å². The normalized spacial score (nSPS) is 10.3. The van der Waals surface area contributed by atoms with Crippen molar-refractivity contribution in [2.45, 2.75) is 13.3 Å². The third kappa shape index (κ3) is 3.44. The summed E-state index contributed by atoms with van der Waals surface area (Å²) in [6.45, 7) is 2.74. The van der Waals surface area contributed by atoms with E-state index in [1.165, 1.54) is 0 Å². The Labute approximate surface area is 121 Å². The average Bonchev–Trinajstić information content (AvgIpc) is 2.46. The number of carbonyl (C=O) groups excluding carboxylic acids is 1. The second kappa shape index (κ2) is 6.65. The van der Waals surface area contributed by atoms with Gasteiger partial charge in [0.1, 0.15) is 5.69 Å². The molecule has 1 amide bonds. The predicted octanol–water partition coefficient (Wildman–Crippen LogP) is 2.08. The van der Waals surface area contributed by atoms with Crippen LogP contribution >= 0.6 is 0 Å². The zero-order valence-electron chi connectivity index (χ0n) is 11.6. The fourth-order valence-electron chi connectivity index (χ4n) is 2.07. The molecule has 0 saturated carbocycles. The molecule has 0 unspecified atom stereocenters. The highest BCUT2D eigenvalue weighted by atomic mass is 16.6. The van der Waals surface area contributed by atoms with Gasteiger partial charge in [-0.1, -0.05) is 0 Å². The van der Waals surface area contributed by atoms with Gasteiger partial charge < -0.3 is 10.6 Å². The summed E-state index contributed by atoms with van der Waals surface area (Å²) in [7, 11) is 0. The highest BCUT2D eigenvalue weighted by Crippen LogP contribution is 2.32. The minimum absolute atomic E-state index is 0.0171. The van der Waals surface area contributed by atoms with Crippen LogP contribution in [0.4, 0.5) is 11.4 Å². The first-order valence-corrected chi connectivity index (χ1v) is 6.66. The third-order valence-corrected chi connectivity index (χ3v) is 2.98. The highest BCUT2D eigenvalue weighted by Gasteiger charge is 2.18. The Kier molecular flexibility index (Phi) is 4.65. The van der Waals surface area contributed by atoms with E-state index < -0.39 is 4.92 Å². The molecule has 0 saturated heterocycles. The van der Waals surface area contributed by atoms with Crippen LogP contribution in [0.1, 0.15) is 13.3 Å². The number of carbonyl (C=O) groups is 1. The molecule has 0 atom stereocenters. The molecule has 1 aromatic carbocycles. The van der Waals surface area contributed by atoms with Crippen LogP contribution in [0.25, 0.3) is 10.9 Å². The molecule has 110 valence electrons. The van der Waals surface area contributed by atoms with Crippen LogP contribution in [0.15, 0.2) is 30.5 Å². The molecule has 7 heteroatoms. The van der Waals surface area contributed by atoms with Crippen molar-refractivity contribution in [2.75, 3.05) is 18.4 Å². The summed E-state index contributed by atoms with van der Waals surface area (Å²) < 4.78 is 0. The Bertz CT molecular complexity index is 672. The standard InChI is InChI=1S/C14H16N4O3/c1-2-15-13(19)7-9-17-12-6-5-11-10(4-3-8-16-11)14(12)18(20)21/h3-6,8,17H,2,7,9H2,1H3,(H,15,19). The van der Waals surface area contributed by atoms with Crippen molar-refractivity contribution in [3.05, 3.63) is 40.6 Å². The number of nitro benzene ring substituents is 1. The van der Waals surface area contributed by atoms with Crippen molar-refractivity contribution in [3.8, 4) is 0 Å². The van der Waals surface area contributed by atoms with Gasteiger partial charge in [0.15, 0.2) is 0 Å². The second-order valence-corrected chi connectivity index (χ2v) is 4.42. The number of nitrogens with zero attached hydrogens (tertiary/aromatic N) is 2. The molecule has 2 aromatic rings. The Hall–Kier alpha value is -2.70. The van der Waals surface area contributed by atoms with Crippen LogP contribution in [0, 0.1) is 10.1 Å². The van der Waals surface area contributed by atoms with Crippen LogP contribution < -0.4 is 10.6 Å². The van der Waals surface area contributed by atoms with Gasteiger partial charge in [0.2, 0.25) is 5.91 Å². The summed E-state index contributed by atoms with van der Waals surface area (Å²) in [6.07, 6.45) is 1.85. The number of nitrogens with one attached hydrogen (secondary N) is 2. The molecule has 0 spiro atoms. The van der Waals surface area contributed by atoms with Gasteiger partial charge in [0, 0.05) is 25.7 Å². The van der Waals surface area contributed by atoms with E-state index in [9.17, 15) is 14.9 Å². The third-order valence-electron chi connectivity index (χ3n) is 2.98. The fourth-order valence-corrected chi connectivity index (χ4v) is 2.07. The maximum Gasteiger partial charge on any atom is 0.301 e. The van der Waals surface area contributed by atoms with Gasteiger partial charge in [-0.3, -0.25) is 19.9 Å². The molecule has 0 aliphatic carbocycles. The Morgan fingerprint density at radius 3 is 2.90 bits per heavy atom. The molecular weight excluding hydrogens is 272 g/mol. The lowest BCUT2D eigenvalue weighted by molar-refractivity contribution is -0.382. The van der Waals surface area contributed by atoms with Crippen molar-refractivity contribution < 1.29 is 9.72 Å². The molecule has 2 rings (SSSR count). The summed E-state index contributed by atoms with van der Waals surface area (Å²) in [5.41, 5.74) is 0.944. The average molecular weight is 288 g/mol. The fraction of sp³-hybridized carbons (Fsp3) is 0.286. The van der Waals surface area contributed by atoms with E-state index in [2.05, 4.69) is 15.6 Å². The van der Waals surface area contributed by atoms with Crippen LogP contribution in [-0.2, 0) is 4.79 Å². The molecule has 0 aliphatic rings. The quantitative estimate of drug-likeness (QED) is 0.626. The van der Waals surface area contributed by atoms with Gasteiger partial charge in [-0.25, -0.2) is 0 Å². The number of aromatic nitrogens is 1. The maximum atomic E-state index is 11.4. The molecule has 0 radical (unpaired) electrons. The molecule has 2 N–H and O–H groups in total. The van der Waals surface area contributed by atoms with Crippen molar-refractivity contribution in [2.24, 2.45) is 0 Å². The topological polar surface area (TPSA) is 97.2 Å². The number of benzene rings is 1. The molecule has 0 fully saturated rings. The lowest BCUT2D eigenvalue weighted by atomic mass is 10.1. The molecule has 0 aliphatic heterocycles. The number of amides is 1. The number of hydrogen-bond acceptors (Lipinski definition) is 5. The Balaban J connectivity index is 2.21. The van der Waals surface area contributed by atoms with Crippen LogP contribution in [0.3, 0.4) is 0 Å². The van der Waals surface area contributed by atoms with E-state index >= 15 is 0 Å². The minimum Gasteiger partial charge on any atom is -0.379 e. The number of fused-ring (bicyclic) bond motifs is 1. The first kappa shape index (κ1) is 14.7. The molecular formula is C14H16N4O3. The lowest BCUT2D eigenvalue weighted by Crippen LogP contribution is -2.24. The number of pyridine rings is 1. The van der Waals surface area contributed by atoms with E-state index in [0.717, 1.165) is 0 Å². The van der Waals surface area contributed by atoms with E-state index in [1.807, 2.05) is 6.92 Å². The number of nitro groups is 1. The summed E-state index contributed by atoms with van der Waals surface area (Å²) in [5.74, 6) is -0.0879. The van der Waals surface area contributed by atoms with Gasteiger partial charge in [0.25, 0.3) is 0 Å². The van der Waals surface area contributed by atoms with Crippen LogP contribution in [0.5, 0.6) is 0 Å². The molecule has 1 aromatic heterocycles. The molecule has 0 bridgehead atoms. The monoisotopic (exact) mass is 288 g/mol. The van der Waals surface area contributed by atoms with Crippen LogP contribution in [0.2, 0.25) is 0 Å². The van der Waals surface area contributed by atoms with E-state index in [0.29, 0.717) is 29.7 Å². The maximum absolute atomic E-state index is 11.4. The van der Waals surface area contributed by atoms with Crippen molar-refractivity contribution in [1.29, 1.82) is 0 Å². The largest absolute Gasteiger partial charge is 0.379 e. The summed E-state index contributed by atoms with van der Waals surface area (Å²) in [4.78, 5) is 26.3. The Morgan fingerprint density at radius 2 is 2.19 bits per heavy atom. The smallest absolute Gasteiger partial charge is 0.301 e. The number of anilines is 1. The van der Waals surface area contributed by atoms with Gasteiger partial charge >= 0.3 is 5.69 Å². The minimum atomic E-state index is -0.432. The highest BCUT2D eigenvalue weighted by molar-refractivity contribution is 5.94. The molecule has 21 heavy (non-hydrogen) atoms. The van der Waals surface area contributed by atoms with E-state index in [-0.39, 0.29) is 18.0 Å². The lowest BCUT2D eigenvalue weighted by Gasteiger charge is -2.08. The first-order valence-electron chi connectivity index (χ1n) is 6.66. The van der Waals surface area contributed by atoms with Crippen LogP contribution in [-0.4, -0.2) is 28.9 Å². The van der Waals surface area contributed by atoms with Crippen molar-refractivity contribution in [1.82, 2.24) is 10.3 Å². The first-order chi connectivity index (χ1) is 10.1. The number of hydrogen-bond donors (Lipinski definition) is 2. The zero-order valence-corrected chi connectivity index (χ0v) is 11.6. The van der Waals surface area contributed by atoms with Crippen molar-refractivity contribution >= 4 is 28.2 Å². The van der Waals surface area contributed by atoms with Gasteiger partial charge in [-0.15, -0.1) is 0 Å². The summed E-state index contributed by atoms with van der Waals surface area (Å²) in [5, 5.41) is 17.4. The predicted molar refractivity (Wildman–Crippen MR) is 80.2 cm³/mol. The SMILES string of the molecule is CCNC(=O)CCNc1ccc2ncccc2c1[N+](=O)[O-]. The van der Waals surface area contributed by atoms with Gasteiger partial charge in [-0.05, 0) is 31.2 Å². The second-order valence-electron chi connectivity index (χ2n) is 4.42.